The number of nitrogens with zero attached hydrogens (tertiary/aromatic N) is 2. The molecule has 0 aliphatic carbocycles. The van der Waals surface area contributed by atoms with Crippen molar-refractivity contribution in [2.75, 3.05) is 6.54 Å². The van der Waals surface area contributed by atoms with Gasteiger partial charge >= 0.3 is 0 Å². The highest BCUT2D eigenvalue weighted by Crippen LogP contribution is 2.17. The van der Waals surface area contributed by atoms with Crippen LogP contribution in [-0.4, -0.2) is 17.5 Å². The molecule has 0 amide bonds. The Balaban J connectivity index is 1.97. The van der Waals surface area contributed by atoms with Crippen LogP contribution >= 0.6 is 27.3 Å². The lowest BCUT2D eigenvalue weighted by atomic mass is 10.2. The van der Waals surface area contributed by atoms with Gasteiger partial charge in [-0.3, -0.25) is 0 Å². The molecule has 4 nitrogen and oxygen atoms in total. The monoisotopic (exact) mass is 398 g/mol. The summed E-state index contributed by atoms with van der Waals surface area (Å²) in [4.78, 5) is 10.1. The van der Waals surface area contributed by atoms with Crippen molar-refractivity contribution in [3.8, 4) is 0 Å². The molecule has 0 saturated carbocycles. The van der Waals surface area contributed by atoms with E-state index in [1.165, 1.54) is 10.9 Å². The number of aromatic nitrogens is 1. The van der Waals surface area contributed by atoms with Gasteiger partial charge in [0.15, 0.2) is 5.96 Å². The van der Waals surface area contributed by atoms with Crippen LogP contribution in [0.25, 0.3) is 0 Å². The Bertz CT molecular complexity index is 672. The number of nitrogens with one attached hydrogen (secondary N) is 2. The van der Waals surface area contributed by atoms with Crippen LogP contribution in [0.1, 0.15) is 29.3 Å². The van der Waals surface area contributed by atoms with Crippen molar-refractivity contribution in [2.45, 2.75) is 33.4 Å². The Morgan fingerprint density at radius 2 is 2.17 bits per heavy atom. The summed E-state index contributed by atoms with van der Waals surface area (Å²) >= 11 is 4.85. The summed E-state index contributed by atoms with van der Waals surface area (Å²) in [5, 5.41) is 7.47. The summed E-state index contributed by atoms with van der Waals surface area (Å²) in [5.74, 6) is 0.426. The zero-order valence-electron chi connectivity index (χ0n) is 13.2. The predicted octanol–water partition coefficient (Wildman–Crippen LogP) is 3.86. The van der Waals surface area contributed by atoms with Gasteiger partial charge in [-0.15, -0.1) is 11.3 Å². The molecular weight excluding hydrogens is 379 g/mol. The molecule has 0 atom stereocenters. The minimum atomic E-state index is -0.273. The highest BCUT2D eigenvalue weighted by Gasteiger charge is 2.04. The van der Waals surface area contributed by atoms with E-state index in [0.29, 0.717) is 23.5 Å². The van der Waals surface area contributed by atoms with Crippen molar-refractivity contribution < 1.29 is 4.39 Å². The Kier molecular flexibility index (Phi) is 6.98. The van der Waals surface area contributed by atoms with E-state index < -0.39 is 0 Å². The van der Waals surface area contributed by atoms with Gasteiger partial charge in [-0.1, -0.05) is 13.0 Å². The first-order chi connectivity index (χ1) is 11.1. The molecule has 0 radical (unpaired) electrons. The van der Waals surface area contributed by atoms with E-state index in [1.807, 2.05) is 19.2 Å². The Labute approximate surface area is 148 Å². The minimum absolute atomic E-state index is 0.273. The highest BCUT2D eigenvalue weighted by atomic mass is 79.9. The number of hydrogen-bond acceptors (Lipinski definition) is 3. The largest absolute Gasteiger partial charge is 0.357 e. The van der Waals surface area contributed by atoms with Crippen LogP contribution in [-0.2, 0) is 19.5 Å². The van der Waals surface area contributed by atoms with E-state index in [0.717, 1.165) is 23.5 Å². The zero-order chi connectivity index (χ0) is 16.7. The number of aliphatic imine (C=N–C) groups is 1. The molecule has 0 spiro atoms. The van der Waals surface area contributed by atoms with Crippen molar-refractivity contribution in [3.63, 3.8) is 0 Å². The van der Waals surface area contributed by atoms with Crippen molar-refractivity contribution in [1.29, 1.82) is 0 Å². The normalized spacial score (nSPS) is 11.6. The summed E-state index contributed by atoms with van der Waals surface area (Å²) in [6, 6.07) is 5.04. The van der Waals surface area contributed by atoms with Gasteiger partial charge in [0.2, 0.25) is 0 Å². The second-order valence-corrected chi connectivity index (χ2v) is 6.93. The topological polar surface area (TPSA) is 49.3 Å². The molecule has 2 N–H and O–H groups in total. The van der Waals surface area contributed by atoms with E-state index in [4.69, 9.17) is 0 Å². The van der Waals surface area contributed by atoms with E-state index >= 15 is 0 Å². The smallest absolute Gasteiger partial charge is 0.191 e. The van der Waals surface area contributed by atoms with Crippen LogP contribution in [0.5, 0.6) is 0 Å². The SMILES string of the molecule is CCNC(=NCc1ccc(Br)c(F)c1)NCc1ncc(CC)s1. The molecular formula is C16H20BrFN4S. The first-order valence-corrected chi connectivity index (χ1v) is 9.13. The van der Waals surface area contributed by atoms with Gasteiger partial charge < -0.3 is 10.6 Å². The molecule has 23 heavy (non-hydrogen) atoms. The number of halogens is 2. The predicted molar refractivity (Wildman–Crippen MR) is 97.2 cm³/mol. The second-order valence-electron chi connectivity index (χ2n) is 4.87. The number of thiazole rings is 1. The first-order valence-electron chi connectivity index (χ1n) is 7.52. The zero-order valence-corrected chi connectivity index (χ0v) is 15.6. The maximum Gasteiger partial charge on any atom is 0.191 e. The molecule has 0 fully saturated rings. The summed E-state index contributed by atoms with van der Waals surface area (Å²) in [6.07, 6.45) is 2.91. The maximum absolute atomic E-state index is 13.5. The third-order valence-corrected chi connectivity index (χ3v) is 4.89. The average Bonchev–Trinajstić information content (AvgIpc) is 3.01. The van der Waals surface area contributed by atoms with Crippen molar-refractivity contribution in [1.82, 2.24) is 15.6 Å². The van der Waals surface area contributed by atoms with Gasteiger partial charge in [0, 0.05) is 17.6 Å². The van der Waals surface area contributed by atoms with Crippen LogP contribution in [0.3, 0.4) is 0 Å². The molecule has 1 heterocycles. The Morgan fingerprint density at radius 3 is 2.83 bits per heavy atom. The highest BCUT2D eigenvalue weighted by molar-refractivity contribution is 9.10. The van der Waals surface area contributed by atoms with Crippen molar-refractivity contribution >= 4 is 33.2 Å². The lowest BCUT2D eigenvalue weighted by Crippen LogP contribution is -2.36. The van der Waals surface area contributed by atoms with Crippen LogP contribution in [0, 0.1) is 5.82 Å². The second kappa shape index (κ2) is 8.98. The van der Waals surface area contributed by atoms with Crippen LogP contribution in [0.4, 0.5) is 4.39 Å². The van der Waals surface area contributed by atoms with Gasteiger partial charge in [-0.25, -0.2) is 14.4 Å². The molecule has 0 aliphatic heterocycles. The molecule has 0 aliphatic rings. The molecule has 2 rings (SSSR count). The van der Waals surface area contributed by atoms with Crippen molar-refractivity contribution in [2.24, 2.45) is 4.99 Å². The Hall–Kier alpha value is -1.47. The molecule has 124 valence electrons. The fourth-order valence-electron chi connectivity index (χ4n) is 1.90. The van der Waals surface area contributed by atoms with Crippen LogP contribution in [0.15, 0.2) is 33.9 Å². The quantitative estimate of drug-likeness (QED) is 0.573. The maximum atomic E-state index is 13.5. The fourth-order valence-corrected chi connectivity index (χ4v) is 2.95. The van der Waals surface area contributed by atoms with E-state index in [1.54, 1.807) is 17.4 Å². The fraction of sp³-hybridized carbons (Fsp3) is 0.375. The molecule has 2 aromatic rings. The number of aryl methyl sites for hydroxylation is 1. The molecule has 1 aromatic heterocycles. The van der Waals surface area contributed by atoms with Crippen LogP contribution < -0.4 is 10.6 Å². The van der Waals surface area contributed by atoms with Crippen molar-refractivity contribution in [3.05, 3.63) is 50.1 Å². The van der Waals surface area contributed by atoms with Crippen LogP contribution in [0.2, 0.25) is 0 Å². The molecule has 1 aromatic carbocycles. The van der Waals surface area contributed by atoms with E-state index in [-0.39, 0.29) is 5.82 Å². The molecule has 0 bridgehead atoms. The van der Waals surface area contributed by atoms with Gasteiger partial charge in [-0.05, 0) is 47.0 Å². The summed E-state index contributed by atoms with van der Waals surface area (Å²) in [6.45, 7) is 5.93. The number of benzene rings is 1. The lowest BCUT2D eigenvalue weighted by Gasteiger charge is -2.10. The van der Waals surface area contributed by atoms with Gasteiger partial charge in [0.1, 0.15) is 10.8 Å². The summed E-state index contributed by atoms with van der Waals surface area (Å²) in [7, 11) is 0. The van der Waals surface area contributed by atoms with Gasteiger partial charge in [0.05, 0.1) is 17.6 Å². The Morgan fingerprint density at radius 1 is 1.35 bits per heavy atom. The number of hydrogen-bond donors (Lipinski definition) is 2. The summed E-state index contributed by atoms with van der Waals surface area (Å²) < 4.78 is 14.0. The minimum Gasteiger partial charge on any atom is -0.357 e. The summed E-state index contributed by atoms with van der Waals surface area (Å²) in [5.41, 5.74) is 0.824. The average molecular weight is 399 g/mol. The molecule has 7 heteroatoms. The number of guanidine groups is 1. The standard InChI is InChI=1S/C16H20BrFN4S/c1-3-12-9-20-15(23-12)10-22-16(19-4-2)21-8-11-5-6-13(17)14(18)7-11/h5-7,9H,3-4,8,10H2,1-2H3,(H2,19,21,22). The van der Waals surface area contributed by atoms with E-state index in [2.05, 4.69) is 43.5 Å². The lowest BCUT2D eigenvalue weighted by molar-refractivity contribution is 0.618. The molecule has 0 unspecified atom stereocenters. The number of rotatable bonds is 6. The third kappa shape index (κ3) is 5.58. The van der Waals surface area contributed by atoms with Gasteiger partial charge in [-0.2, -0.15) is 0 Å². The third-order valence-electron chi connectivity index (χ3n) is 3.10. The first kappa shape index (κ1) is 17.9. The van der Waals surface area contributed by atoms with E-state index in [9.17, 15) is 4.39 Å². The van der Waals surface area contributed by atoms with Gasteiger partial charge in [0.25, 0.3) is 0 Å². The molecule has 0 saturated heterocycles.